The molecule has 2 saturated carbocycles. The van der Waals surface area contributed by atoms with Crippen LogP contribution in [0.25, 0.3) is 0 Å². The summed E-state index contributed by atoms with van der Waals surface area (Å²) in [6.45, 7) is 0. The molecule has 1 aromatic rings. The SMILES string of the molecule is COc1cc(C(O)C2CC3CC3C2)ccc1Cl. The average molecular weight is 253 g/mol. The van der Waals surface area contributed by atoms with E-state index in [1.807, 2.05) is 12.1 Å². The molecule has 0 bridgehead atoms. The van der Waals surface area contributed by atoms with E-state index in [-0.39, 0.29) is 6.10 Å². The van der Waals surface area contributed by atoms with Crippen LogP contribution in [0.3, 0.4) is 0 Å². The lowest BCUT2D eigenvalue weighted by Crippen LogP contribution is -2.11. The van der Waals surface area contributed by atoms with Crippen molar-refractivity contribution in [2.75, 3.05) is 7.11 Å². The van der Waals surface area contributed by atoms with Gasteiger partial charge in [0.15, 0.2) is 0 Å². The lowest BCUT2D eigenvalue weighted by atomic mass is 9.91. The Morgan fingerprint density at radius 1 is 1.29 bits per heavy atom. The van der Waals surface area contributed by atoms with E-state index in [4.69, 9.17) is 16.3 Å². The van der Waals surface area contributed by atoms with Gasteiger partial charge in [-0.3, -0.25) is 0 Å². The van der Waals surface area contributed by atoms with Crippen molar-refractivity contribution in [3.8, 4) is 5.75 Å². The maximum Gasteiger partial charge on any atom is 0.137 e. The van der Waals surface area contributed by atoms with E-state index >= 15 is 0 Å². The molecule has 1 aromatic carbocycles. The molecular formula is C14H17ClO2. The first kappa shape index (κ1) is 11.4. The third-order valence-corrected chi connectivity index (χ3v) is 4.56. The molecule has 0 spiro atoms. The van der Waals surface area contributed by atoms with E-state index in [0.717, 1.165) is 17.4 Å². The smallest absolute Gasteiger partial charge is 0.137 e. The molecule has 3 heteroatoms. The third-order valence-electron chi connectivity index (χ3n) is 4.24. The molecule has 2 nitrogen and oxygen atoms in total. The third kappa shape index (κ3) is 2.04. The van der Waals surface area contributed by atoms with E-state index < -0.39 is 0 Å². The average Bonchev–Trinajstić information content (AvgIpc) is 2.96. The molecule has 0 saturated heterocycles. The topological polar surface area (TPSA) is 29.5 Å². The molecular weight excluding hydrogens is 236 g/mol. The second-order valence-electron chi connectivity index (χ2n) is 5.33. The van der Waals surface area contributed by atoms with Gasteiger partial charge in [0.2, 0.25) is 0 Å². The Bertz CT molecular complexity index is 422. The number of rotatable bonds is 3. The molecule has 92 valence electrons. The molecule has 0 aromatic heterocycles. The quantitative estimate of drug-likeness (QED) is 0.893. The van der Waals surface area contributed by atoms with Gasteiger partial charge in [-0.2, -0.15) is 0 Å². The molecule has 2 fully saturated rings. The first-order valence-electron chi connectivity index (χ1n) is 6.20. The summed E-state index contributed by atoms with van der Waals surface area (Å²) in [6, 6.07) is 5.56. The highest BCUT2D eigenvalue weighted by Gasteiger charge is 2.47. The van der Waals surface area contributed by atoms with E-state index in [9.17, 15) is 5.11 Å². The highest BCUT2D eigenvalue weighted by molar-refractivity contribution is 6.32. The molecule has 0 heterocycles. The molecule has 2 aliphatic carbocycles. The minimum absolute atomic E-state index is 0.367. The fraction of sp³-hybridized carbons (Fsp3) is 0.571. The Hall–Kier alpha value is -0.730. The zero-order valence-corrected chi connectivity index (χ0v) is 10.7. The Morgan fingerprint density at radius 2 is 2.00 bits per heavy atom. The van der Waals surface area contributed by atoms with Crippen molar-refractivity contribution in [1.82, 2.24) is 0 Å². The van der Waals surface area contributed by atoms with E-state index in [1.54, 1.807) is 13.2 Å². The molecule has 3 atom stereocenters. The highest BCUT2D eigenvalue weighted by Crippen LogP contribution is 2.57. The van der Waals surface area contributed by atoms with Crippen molar-refractivity contribution in [1.29, 1.82) is 0 Å². The Labute approximate surface area is 107 Å². The lowest BCUT2D eigenvalue weighted by Gasteiger charge is -2.20. The lowest BCUT2D eigenvalue weighted by molar-refractivity contribution is 0.104. The van der Waals surface area contributed by atoms with E-state index in [0.29, 0.717) is 16.7 Å². The Kier molecular flexibility index (Phi) is 2.80. The van der Waals surface area contributed by atoms with Gasteiger partial charge in [-0.1, -0.05) is 17.7 Å². The Balaban J connectivity index is 1.78. The van der Waals surface area contributed by atoms with Crippen LogP contribution < -0.4 is 4.74 Å². The zero-order chi connectivity index (χ0) is 12.0. The number of benzene rings is 1. The van der Waals surface area contributed by atoms with Crippen LogP contribution in [0.4, 0.5) is 0 Å². The summed E-state index contributed by atoms with van der Waals surface area (Å²) in [5.41, 5.74) is 0.928. The fourth-order valence-corrected chi connectivity index (χ4v) is 3.35. The molecule has 2 aliphatic rings. The Morgan fingerprint density at radius 3 is 2.65 bits per heavy atom. The predicted molar refractivity (Wildman–Crippen MR) is 67.3 cm³/mol. The summed E-state index contributed by atoms with van der Waals surface area (Å²) < 4.78 is 5.19. The number of fused-ring (bicyclic) bond motifs is 1. The van der Waals surface area contributed by atoms with Gasteiger partial charge >= 0.3 is 0 Å². The summed E-state index contributed by atoms with van der Waals surface area (Å²) in [6.07, 6.45) is 3.37. The van der Waals surface area contributed by atoms with Crippen molar-refractivity contribution in [3.63, 3.8) is 0 Å². The molecule has 0 aliphatic heterocycles. The van der Waals surface area contributed by atoms with Crippen molar-refractivity contribution in [3.05, 3.63) is 28.8 Å². The maximum absolute atomic E-state index is 10.4. The minimum atomic E-state index is -0.367. The number of ether oxygens (including phenoxy) is 1. The summed E-state index contributed by atoms with van der Waals surface area (Å²) in [7, 11) is 1.60. The van der Waals surface area contributed by atoms with Gasteiger partial charge in [-0.05, 0) is 54.7 Å². The van der Waals surface area contributed by atoms with Gasteiger partial charge in [-0.15, -0.1) is 0 Å². The summed E-state index contributed by atoms with van der Waals surface area (Å²) in [5.74, 6) is 2.85. The molecule has 3 rings (SSSR count). The molecule has 0 amide bonds. The number of aliphatic hydroxyl groups is 1. The molecule has 0 radical (unpaired) electrons. The summed E-state index contributed by atoms with van der Waals surface area (Å²) in [4.78, 5) is 0. The minimum Gasteiger partial charge on any atom is -0.495 e. The van der Waals surface area contributed by atoms with Gasteiger partial charge in [-0.25, -0.2) is 0 Å². The van der Waals surface area contributed by atoms with Gasteiger partial charge in [0.05, 0.1) is 18.2 Å². The predicted octanol–water partition coefficient (Wildman–Crippen LogP) is 3.43. The second-order valence-corrected chi connectivity index (χ2v) is 5.73. The first-order chi connectivity index (χ1) is 8.19. The van der Waals surface area contributed by atoms with Crippen LogP contribution >= 0.6 is 11.6 Å². The van der Waals surface area contributed by atoms with Crippen LogP contribution in [0.5, 0.6) is 5.75 Å². The van der Waals surface area contributed by atoms with E-state index in [1.165, 1.54) is 19.3 Å². The monoisotopic (exact) mass is 252 g/mol. The van der Waals surface area contributed by atoms with E-state index in [2.05, 4.69) is 0 Å². The number of hydrogen-bond acceptors (Lipinski definition) is 2. The zero-order valence-electron chi connectivity index (χ0n) is 9.90. The summed E-state index contributed by atoms with van der Waals surface area (Å²) in [5, 5.41) is 11.0. The first-order valence-corrected chi connectivity index (χ1v) is 6.58. The van der Waals surface area contributed by atoms with Crippen LogP contribution in [0.15, 0.2) is 18.2 Å². The largest absolute Gasteiger partial charge is 0.495 e. The highest BCUT2D eigenvalue weighted by atomic mass is 35.5. The van der Waals surface area contributed by atoms with Crippen LogP contribution in [0.1, 0.15) is 30.9 Å². The summed E-state index contributed by atoms with van der Waals surface area (Å²) >= 11 is 5.98. The number of methoxy groups -OCH3 is 1. The second kappa shape index (κ2) is 4.18. The van der Waals surface area contributed by atoms with Crippen molar-refractivity contribution in [2.45, 2.75) is 25.4 Å². The number of aliphatic hydroxyl groups excluding tert-OH is 1. The molecule has 1 N–H and O–H groups in total. The normalized spacial score (nSPS) is 32.1. The van der Waals surface area contributed by atoms with Gasteiger partial charge in [0.25, 0.3) is 0 Å². The van der Waals surface area contributed by atoms with Crippen LogP contribution in [-0.4, -0.2) is 12.2 Å². The standard InChI is InChI=1S/C14H17ClO2/c1-17-13-7-8(2-3-12(13)15)14(16)11-5-9-4-10(9)6-11/h2-3,7,9-11,14,16H,4-6H2,1H3. The van der Waals surface area contributed by atoms with Crippen LogP contribution in [0.2, 0.25) is 5.02 Å². The fourth-order valence-electron chi connectivity index (χ4n) is 3.15. The van der Waals surface area contributed by atoms with Gasteiger partial charge in [0.1, 0.15) is 5.75 Å². The number of hydrogen-bond donors (Lipinski definition) is 1. The maximum atomic E-state index is 10.4. The number of halogens is 1. The van der Waals surface area contributed by atoms with Crippen LogP contribution in [-0.2, 0) is 0 Å². The molecule has 17 heavy (non-hydrogen) atoms. The van der Waals surface area contributed by atoms with Crippen molar-refractivity contribution in [2.24, 2.45) is 17.8 Å². The van der Waals surface area contributed by atoms with Gasteiger partial charge in [0, 0.05) is 0 Å². The van der Waals surface area contributed by atoms with Gasteiger partial charge < -0.3 is 9.84 Å². The van der Waals surface area contributed by atoms with Crippen molar-refractivity contribution < 1.29 is 9.84 Å². The van der Waals surface area contributed by atoms with Crippen molar-refractivity contribution >= 4 is 11.6 Å². The van der Waals surface area contributed by atoms with Crippen LogP contribution in [0, 0.1) is 17.8 Å². The molecule has 3 unspecified atom stereocenters.